The highest BCUT2D eigenvalue weighted by atomic mass is 79.9. The number of aromatic nitrogens is 1. The standard InChI is InChI=1S/C15H13BrN4O2/c16-13-7-2-1-6-12(13)15(22)18-10-14(21)20-19-9-11-5-3-4-8-17-11/h1-9H,10H2,(H,18,22)(H,20,21)/b19-9-. The number of halogens is 1. The zero-order valence-electron chi connectivity index (χ0n) is 11.5. The fourth-order valence-corrected chi connectivity index (χ4v) is 2.03. The Morgan fingerprint density at radius 1 is 1.18 bits per heavy atom. The summed E-state index contributed by atoms with van der Waals surface area (Å²) in [6.07, 6.45) is 3.05. The molecule has 0 saturated carbocycles. The van der Waals surface area contributed by atoms with E-state index in [1.807, 2.05) is 6.07 Å². The summed E-state index contributed by atoms with van der Waals surface area (Å²) in [6.45, 7) is -0.167. The number of amides is 2. The molecular formula is C15H13BrN4O2. The Kier molecular flexibility index (Phi) is 5.79. The van der Waals surface area contributed by atoms with Crippen LogP contribution in [0.5, 0.6) is 0 Å². The van der Waals surface area contributed by atoms with Crippen LogP contribution in [0, 0.1) is 0 Å². The molecule has 112 valence electrons. The van der Waals surface area contributed by atoms with Crippen LogP contribution in [0.3, 0.4) is 0 Å². The molecule has 7 heteroatoms. The van der Waals surface area contributed by atoms with E-state index in [0.29, 0.717) is 15.7 Å². The lowest BCUT2D eigenvalue weighted by atomic mass is 10.2. The number of pyridine rings is 1. The van der Waals surface area contributed by atoms with Crippen molar-refractivity contribution in [3.8, 4) is 0 Å². The summed E-state index contributed by atoms with van der Waals surface area (Å²) in [7, 11) is 0. The first kappa shape index (κ1) is 15.8. The van der Waals surface area contributed by atoms with Gasteiger partial charge in [-0.3, -0.25) is 14.6 Å². The molecule has 2 amide bonds. The fraction of sp³-hybridized carbons (Fsp3) is 0.0667. The van der Waals surface area contributed by atoms with Crippen molar-refractivity contribution in [3.63, 3.8) is 0 Å². The van der Waals surface area contributed by atoms with Gasteiger partial charge in [0.25, 0.3) is 11.8 Å². The zero-order chi connectivity index (χ0) is 15.8. The highest BCUT2D eigenvalue weighted by Crippen LogP contribution is 2.15. The minimum atomic E-state index is -0.424. The van der Waals surface area contributed by atoms with E-state index in [1.54, 1.807) is 42.6 Å². The number of nitrogens with one attached hydrogen (secondary N) is 2. The van der Waals surface area contributed by atoms with Crippen molar-refractivity contribution < 1.29 is 9.59 Å². The van der Waals surface area contributed by atoms with Gasteiger partial charge < -0.3 is 5.32 Å². The van der Waals surface area contributed by atoms with Gasteiger partial charge in [0.15, 0.2) is 0 Å². The average molecular weight is 361 g/mol. The van der Waals surface area contributed by atoms with Crippen LogP contribution in [0.1, 0.15) is 16.1 Å². The van der Waals surface area contributed by atoms with Gasteiger partial charge in [-0.05, 0) is 40.2 Å². The quantitative estimate of drug-likeness (QED) is 0.628. The third-order valence-electron chi connectivity index (χ3n) is 2.60. The first-order valence-electron chi connectivity index (χ1n) is 6.42. The van der Waals surface area contributed by atoms with Crippen LogP contribution in [-0.2, 0) is 4.79 Å². The SMILES string of the molecule is O=C(CNC(=O)c1ccccc1Br)N/N=C\c1ccccn1. The van der Waals surface area contributed by atoms with Crippen molar-refractivity contribution >= 4 is 34.0 Å². The average Bonchev–Trinajstić information content (AvgIpc) is 2.54. The Bertz CT molecular complexity index is 689. The van der Waals surface area contributed by atoms with Crippen molar-refractivity contribution in [2.75, 3.05) is 6.54 Å². The predicted octanol–water partition coefficient (Wildman–Crippen LogP) is 1.72. The molecule has 0 aliphatic rings. The number of rotatable bonds is 5. The summed E-state index contributed by atoms with van der Waals surface area (Å²) in [5.74, 6) is -0.760. The largest absolute Gasteiger partial charge is 0.343 e. The summed E-state index contributed by atoms with van der Waals surface area (Å²) >= 11 is 3.28. The Hall–Kier alpha value is -2.54. The molecule has 0 spiro atoms. The number of carbonyl (C=O) groups excluding carboxylic acids is 2. The van der Waals surface area contributed by atoms with Gasteiger partial charge in [0, 0.05) is 10.7 Å². The molecule has 2 N–H and O–H groups in total. The molecule has 0 saturated heterocycles. The Labute approximate surface area is 135 Å². The molecule has 0 aliphatic heterocycles. The van der Waals surface area contributed by atoms with Crippen LogP contribution in [0.25, 0.3) is 0 Å². The Balaban J connectivity index is 1.80. The third-order valence-corrected chi connectivity index (χ3v) is 3.29. The van der Waals surface area contributed by atoms with Crippen molar-refractivity contribution in [2.45, 2.75) is 0 Å². The first-order valence-corrected chi connectivity index (χ1v) is 7.22. The molecule has 1 aromatic carbocycles. The van der Waals surface area contributed by atoms with Gasteiger partial charge in [-0.1, -0.05) is 18.2 Å². The minimum Gasteiger partial charge on any atom is -0.343 e. The lowest BCUT2D eigenvalue weighted by Gasteiger charge is -2.05. The second-order valence-corrected chi connectivity index (χ2v) is 5.06. The van der Waals surface area contributed by atoms with Crippen LogP contribution in [0.15, 0.2) is 58.2 Å². The van der Waals surface area contributed by atoms with Gasteiger partial charge in [0.2, 0.25) is 0 Å². The van der Waals surface area contributed by atoms with E-state index < -0.39 is 5.91 Å². The number of hydrogen-bond acceptors (Lipinski definition) is 4. The van der Waals surface area contributed by atoms with E-state index in [9.17, 15) is 9.59 Å². The molecule has 0 fully saturated rings. The molecule has 0 radical (unpaired) electrons. The third kappa shape index (κ3) is 4.78. The van der Waals surface area contributed by atoms with Crippen molar-refractivity contribution in [1.82, 2.24) is 15.7 Å². The highest BCUT2D eigenvalue weighted by Gasteiger charge is 2.10. The van der Waals surface area contributed by atoms with Crippen molar-refractivity contribution in [3.05, 3.63) is 64.4 Å². The number of hydrazone groups is 1. The summed E-state index contributed by atoms with van der Waals surface area (Å²) in [5.41, 5.74) is 3.41. The monoisotopic (exact) mass is 360 g/mol. The number of nitrogens with zero attached hydrogens (tertiary/aromatic N) is 2. The maximum absolute atomic E-state index is 11.9. The topological polar surface area (TPSA) is 83.5 Å². The van der Waals surface area contributed by atoms with Crippen molar-refractivity contribution in [1.29, 1.82) is 0 Å². The molecule has 2 aromatic rings. The van der Waals surface area contributed by atoms with Gasteiger partial charge in [-0.15, -0.1) is 0 Å². The van der Waals surface area contributed by atoms with Crippen molar-refractivity contribution in [2.24, 2.45) is 5.10 Å². The summed E-state index contributed by atoms with van der Waals surface area (Å²) in [6, 6.07) is 12.3. The van der Waals surface area contributed by atoms with E-state index in [4.69, 9.17) is 0 Å². The molecule has 0 atom stereocenters. The smallest absolute Gasteiger partial charge is 0.259 e. The summed E-state index contributed by atoms with van der Waals surface area (Å²) in [4.78, 5) is 27.5. The predicted molar refractivity (Wildman–Crippen MR) is 86.4 cm³/mol. The van der Waals surface area contributed by atoms with Gasteiger partial charge in [0.05, 0.1) is 24.0 Å². The maximum Gasteiger partial charge on any atom is 0.259 e. The fourth-order valence-electron chi connectivity index (χ4n) is 1.56. The normalized spacial score (nSPS) is 10.4. The van der Waals surface area contributed by atoms with E-state index in [2.05, 4.69) is 36.8 Å². The maximum atomic E-state index is 11.9. The van der Waals surface area contributed by atoms with Gasteiger partial charge in [-0.25, -0.2) is 5.43 Å². The Morgan fingerprint density at radius 2 is 1.95 bits per heavy atom. The van der Waals surface area contributed by atoms with E-state index in [0.717, 1.165) is 0 Å². The molecular weight excluding hydrogens is 348 g/mol. The van der Waals surface area contributed by atoms with E-state index in [-0.39, 0.29) is 12.5 Å². The number of carbonyl (C=O) groups is 2. The number of benzene rings is 1. The van der Waals surface area contributed by atoms with Gasteiger partial charge in [-0.2, -0.15) is 5.10 Å². The van der Waals surface area contributed by atoms with Crippen LogP contribution in [0.4, 0.5) is 0 Å². The Morgan fingerprint density at radius 3 is 2.68 bits per heavy atom. The molecule has 22 heavy (non-hydrogen) atoms. The molecule has 0 aliphatic carbocycles. The second kappa shape index (κ2) is 8.04. The molecule has 0 unspecified atom stereocenters. The van der Waals surface area contributed by atoms with Crippen LogP contribution < -0.4 is 10.7 Å². The number of hydrogen-bond donors (Lipinski definition) is 2. The van der Waals surface area contributed by atoms with Gasteiger partial charge in [0.1, 0.15) is 0 Å². The van der Waals surface area contributed by atoms with Crippen LogP contribution >= 0.6 is 15.9 Å². The van der Waals surface area contributed by atoms with Crippen LogP contribution in [0.2, 0.25) is 0 Å². The zero-order valence-corrected chi connectivity index (χ0v) is 13.1. The lowest BCUT2D eigenvalue weighted by molar-refractivity contribution is -0.120. The molecule has 1 heterocycles. The summed E-state index contributed by atoms with van der Waals surface area (Å²) in [5, 5.41) is 6.28. The minimum absolute atomic E-state index is 0.167. The molecule has 1 aromatic heterocycles. The van der Waals surface area contributed by atoms with Gasteiger partial charge >= 0.3 is 0 Å². The molecule has 6 nitrogen and oxygen atoms in total. The highest BCUT2D eigenvalue weighted by molar-refractivity contribution is 9.10. The first-order chi connectivity index (χ1) is 10.7. The second-order valence-electron chi connectivity index (χ2n) is 4.21. The molecule has 2 rings (SSSR count). The molecule has 0 bridgehead atoms. The lowest BCUT2D eigenvalue weighted by Crippen LogP contribution is -2.35. The summed E-state index contributed by atoms with van der Waals surface area (Å²) < 4.78 is 0.668. The van der Waals surface area contributed by atoms with Crippen LogP contribution in [-0.4, -0.2) is 29.6 Å². The van der Waals surface area contributed by atoms with E-state index in [1.165, 1.54) is 6.21 Å². The van der Waals surface area contributed by atoms with E-state index >= 15 is 0 Å².